The minimum Gasteiger partial charge on any atom is -0.497 e. The summed E-state index contributed by atoms with van der Waals surface area (Å²) in [6.07, 6.45) is 2.06. The summed E-state index contributed by atoms with van der Waals surface area (Å²) in [5, 5.41) is 14.3. The molecule has 1 heterocycles. The number of imidazole rings is 1. The number of carbonyl (C=O) groups is 2. The summed E-state index contributed by atoms with van der Waals surface area (Å²) >= 11 is 0. The summed E-state index contributed by atoms with van der Waals surface area (Å²) in [5.41, 5.74) is 2.05. The lowest BCUT2D eigenvalue weighted by atomic mass is 9.77. The number of nitrogens with one attached hydrogen (secondary N) is 1. The molecule has 0 aliphatic carbocycles. The van der Waals surface area contributed by atoms with Gasteiger partial charge in [-0.25, -0.2) is 15.1 Å². The summed E-state index contributed by atoms with van der Waals surface area (Å²) < 4.78 is 10.9. The highest BCUT2D eigenvalue weighted by Crippen LogP contribution is 2.37. The number of amides is 1. The van der Waals surface area contributed by atoms with Gasteiger partial charge in [0.25, 0.3) is 0 Å². The third kappa shape index (κ3) is 6.59. The molecule has 1 N–H and O–H groups in total. The van der Waals surface area contributed by atoms with E-state index >= 15 is 0 Å². The van der Waals surface area contributed by atoms with Gasteiger partial charge in [0, 0.05) is 13.1 Å². The van der Waals surface area contributed by atoms with Crippen LogP contribution in [0.4, 0.5) is 0 Å². The van der Waals surface area contributed by atoms with E-state index in [4.69, 9.17) is 9.47 Å². The number of carbonyl (C=O) groups excluding carboxylic acids is 2. The molecule has 4 aromatic rings. The summed E-state index contributed by atoms with van der Waals surface area (Å²) in [7, 11) is 2.85. The van der Waals surface area contributed by atoms with E-state index in [9.17, 15) is 19.7 Å². The predicted molar refractivity (Wildman–Crippen MR) is 151 cm³/mol. The Kier molecular flexibility index (Phi) is 9.43. The summed E-state index contributed by atoms with van der Waals surface area (Å²) in [6.45, 7) is 0.0648. The molecular formula is C30H31N5O6. The molecule has 0 bridgehead atoms. The molecule has 1 aromatic heterocycles. The Labute approximate surface area is 237 Å². The lowest BCUT2D eigenvalue weighted by Gasteiger charge is -2.38. The van der Waals surface area contributed by atoms with Gasteiger partial charge in [-0.2, -0.15) is 0 Å². The van der Waals surface area contributed by atoms with E-state index in [1.807, 2.05) is 84.9 Å². The predicted octanol–water partition coefficient (Wildman–Crippen LogP) is 3.06. The van der Waals surface area contributed by atoms with Gasteiger partial charge >= 0.3 is 5.97 Å². The molecule has 0 aliphatic heterocycles. The van der Waals surface area contributed by atoms with Crippen LogP contribution in [-0.2, 0) is 26.3 Å². The molecule has 0 radical (unpaired) electrons. The molecule has 3 aromatic carbocycles. The van der Waals surface area contributed by atoms with Crippen molar-refractivity contribution in [3.05, 3.63) is 130 Å². The van der Waals surface area contributed by atoms with E-state index in [2.05, 4.69) is 10.3 Å². The van der Waals surface area contributed by atoms with Gasteiger partial charge in [0.2, 0.25) is 5.91 Å². The van der Waals surface area contributed by atoms with Crippen LogP contribution in [0.3, 0.4) is 0 Å². The number of hydrogen-bond acceptors (Lipinski definition) is 8. The number of benzene rings is 3. The van der Waals surface area contributed by atoms with E-state index in [0.717, 1.165) is 22.9 Å². The Balaban J connectivity index is 1.67. The second-order valence-corrected chi connectivity index (χ2v) is 9.13. The molecule has 41 heavy (non-hydrogen) atoms. The van der Waals surface area contributed by atoms with E-state index in [-0.39, 0.29) is 31.9 Å². The Bertz CT molecular complexity index is 1420. The van der Waals surface area contributed by atoms with Crippen LogP contribution in [-0.4, -0.2) is 65.3 Å². The van der Waals surface area contributed by atoms with E-state index < -0.39 is 22.4 Å². The van der Waals surface area contributed by atoms with Crippen LogP contribution in [0.1, 0.15) is 22.5 Å². The summed E-state index contributed by atoms with van der Waals surface area (Å²) in [5.74, 6) is -0.430. The van der Waals surface area contributed by atoms with Crippen molar-refractivity contribution in [1.82, 2.24) is 19.9 Å². The normalized spacial score (nSPS) is 11.1. The Morgan fingerprint density at radius 2 is 1.54 bits per heavy atom. The van der Waals surface area contributed by atoms with Gasteiger partial charge in [-0.3, -0.25) is 14.9 Å². The molecule has 4 rings (SSSR count). The molecule has 0 aliphatic rings. The third-order valence-corrected chi connectivity index (χ3v) is 6.79. The molecule has 0 atom stereocenters. The summed E-state index contributed by atoms with van der Waals surface area (Å²) in [6, 6.07) is 27.6. The molecule has 11 heteroatoms. The van der Waals surface area contributed by atoms with Gasteiger partial charge in [-0.05, 0) is 28.8 Å². The zero-order chi connectivity index (χ0) is 29.2. The fraction of sp³-hybridized carbons (Fsp3) is 0.233. The fourth-order valence-electron chi connectivity index (χ4n) is 4.76. The van der Waals surface area contributed by atoms with Crippen molar-refractivity contribution < 1.29 is 24.1 Å². The zero-order valence-electron chi connectivity index (χ0n) is 22.8. The number of ether oxygens (including phenoxy) is 2. The van der Waals surface area contributed by atoms with E-state index in [1.54, 1.807) is 7.11 Å². The molecule has 1 amide bonds. The average molecular weight is 558 g/mol. The standard InChI is InChI=1S/C30H31N5O6/c1-40-26-15-13-25(14-16-26)30(23-9-5-3-6-10-23,24-11-7-4-8-12-24)32-18-19-33(22-29(37)41-2)28(36)21-27-31-17-20-34(27)35(38)39/h3-17,20,32H,18-19,21-22H2,1-2H3. The van der Waals surface area contributed by atoms with Gasteiger partial charge in [-0.15, -0.1) is 0 Å². The van der Waals surface area contributed by atoms with Crippen LogP contribution >= 0.6 is 0 Å². The first-order valence-corrected chi connectivity index (χ1v) is 12.9. The lowest BCUT2D eigenvalue weighted by molar-refractivity contribution is -0.543. The van der Waals surface area contributed by atoms with E-state index in [0.29, 0.717) is 10.4 Å². The Morgan fingerprint density at radius 1 is 0.951 bits per heavy atom. The van der Waals surface area contributed by atoms with Gasteiger partial charge in [0.05, 0.1) is 38.6 Å². The first-order valence-electron chi connectivity index (χ1n) is 12.9. The molecular weight excluding hydrogens is 526 g/mol. The number of rotatable bonds is 13. The first-order chi connectivity index (χ1) is 19.9. The van der Waals surface area contributed by atoms with E-state index in [1.165, 1.54) is 18.2 Å². The van der Waals surface area contributed by atoms with Crippen LogP contribution in [0.5, 0.6) is 5.75 Å². The zero-order valence-corrected chi connectivity index (χ0v) is 22.8. The van der Waals surface area contributed by atoms with Crippen molar-refractivity contribution in [2.75, 3.05) is 33.9 Å². The van der Waals surface area contributed by atoms with Crippen LogP contribution in [0.2, 0.25) is 0 Å². The Hall–Kier alpha value is -5.03. The average Bonchev–Trinajstić information content (AvgIpc) is 3.48. The lowest BCUT2D eigenvalue weighted by Crippen LogP contribution is -2.49. The summed E-state index contributed by atoms with van der Waals surface area (Å²) in [4.78, 5) is 42.0. The smallest absolute Gasteiger partial charge is 0.325 e. The molecule has 0 unspecified atom stereocenters. The third-order valence-electron chi connectivity index (χ3n) is 6.79. The highest BCUT2D eigenvalue weighted by Gasteiger charge is 2.36. The van der Waals surface area contributed by atoms with Crippen LogP contribution < -0.4 is 10.1 Å². The molecule has 0 saturated heterocycles. The second-order valence-electron chi connectivity index (χ2n) is 9.13. The molecule has 0 saturated carbocycles. The van der Waals surface area contributed by atoms with Gasteiger partial charge in [-0.1, -0.05) is 77.5 Å². The maximum absolute atomic E-state index is 13.3. The van der Waals surface area contributed by atoms with Crippen molar-refractivity contribution in [2.24, 2.45) is 0 Å². The van der Waals surface area contributed by atoms with Gasteiger partial charge in [0.15, 0.2) is 10.9 Å². The fourth-order valence-corrected chi connectivity index (χ4v) is 4.76. The van der Waals surface area contributed by atoms with Crippen molar-refractivity contribution in [2.45, 2.75) is 12.0 Å². The Morgan fingerprint density at radius 3 is 2.07 bits per heavy atom. The molecule has 0 spiro atoms. The highest BCUT2D eigenvalue weighted by atomic mass is 16.7. The first kappa shape index (κ1) is 29.0. The minimum absolute atomic E-state index is 0.0380. The SMILES string of the molecule is COC(=O)CN(CCNC(c1ccccc1)(c1ccccc1)c1ccc(OC)cc1)C(=O)Cc1nccn1[N+](=O)[O-]. The molecule has 11 nitrogen and oxygen atoms in total. The topological polar surface area (TPSA) is 129 Å². The monoisotopic (exact) mass is 557 g/mol. The highest BCUT2D eigenvalue weighted by molar-refractivity contribution is 5.83. The van der Waals surface area contributed by atoms with Crippen molar-refractivity contribution in [3.8, 4) is 5.75 Å². The number of nitro groups is 1. The second kappa shape index (κ2) is 13.4. The van der Waals surface area contributed by atoms with Crippen LogP contribution in [0.25, 0.3) is 0 Å². The van der Waals surface area contributed by atoms with Crippen molar-refractivity contribution in [3.63, 3.8) is 0 Å². The number of hydrogen-bond donors (Lipinski definition) is 1. The van der Waals surface area contributed by atoms with Crippen LogP contribution in [0.15, 0.2) is 97.3 Å². The van der Waals surface area contributed by atoms with Gasteiger partial charge in [0.1, 0.15) is 12.3 Å². The quantitative estimate of drug-likeness (QED) is 0.115. The number of esters is 1. The largest absolute Gasteiger partial charge is 0.497 e. The minimum atomic E-state index is -0.823. The molecule has 0 fully saturated rings. The number of methoxy groups -OCH3 is 2. The van der Waals surface area contributed by atoms with Crippen LogP contribution in [0, 0.1) is 10.1 Å². The number of aromatic nitrogens is 2. The maximum Gasteiger partial charge on any atom is 0.325 e. The molecule has 212 valence electrons. The number of nitrogens with zero attached hydrogens (tertiary/aromatic N) is 4. The maximum atomic E-state index is 13.3. The van der Waals surface area contributed by atoms with Gasteiger partial charge < -0.3 is 14.4 Å². The van der Waals surface area contributed by atoms with Crippen molar-refractivity contribution >= 4 is 11.9 Å². The van der Waals surface area contributed by atoms with Crippen molar-refractivity contribution in [1.29, 1.82) is 0 Å².